The Balaban J connectivity index is 2.26. The van der Waals surface area contributed by atoms with Crippen molar-refractivity contribution >= 4 is 0 Å². The zero-order valence-corrected chi connectivity index (χ0v) is 11.3. The Morgan fingerprint density at radius 2 is 2.00 bits per heavy atom. The second-order valence-electron chi connectivity index (χ2n) is 4.83. The molecule has 1 aromatic carbocycles. The summed E-state index contributed by atoms with van der Waals surface area (Å²) in [5, 5.41) is 11.0. The summed E-state index contributed by atoms with van der Waals surface area (Å²) in [6.45, 7) is 4.69. The zero-order valence-electron chi connectivity index (χ0n) is 11.3. The van der Waals surface area contributed by atoms with E-state index < -0.39 is 6.29 Å². The number of allylic oxidation sites excluding steroid dienone is 1. The van der Waals surface area contributed by atoms with E-state index in [0.717, 1.165) is 5.56 Å². The van der Waals surface area contributed by atoms with Crippen LogP contribution >= 0.6 is 0 Å². The van der Waals surface area contributed by atoms with E-state index >= 15 is 0 Å². The summed E-state index contributed by atoms with van der Waals surface area (Å²) in [6, 6.07) is 9.52. The summed E-state index contributed by atoms with van der Waals surface area (Å²) in [6.07, 6.45) is 2.00. The molecule has 0 amide bonds. The molecular weight excluding hydrogens is 258 g/mol. The molecule has 5 heteroatoms. The molecule has 1 aliphatic heterocycles. The maximum atomic E-state index is 11.0. The number of rotatable bonds is 7. The Hall–Kier alpha value is -1.72. The van der Waals surface area contributed by atoms with Crippen LogP contribution < -0.4 is 0 Å². The molecule has 1 heterocycles. The molecule has 1 aliphatic rings. The van der Waals surface area contributed by atoms with Gasteiger partial charge in [0.2, 0.25) is 6.54 Å². The van der Waals surface area contributed by atoms with Crippen LogP contribution in [0.25, 0.3) is 0 Å². The molecule has 1 aromatic rings. The van der Waals surface area contributed by atoms with E-state index in [1.807, 2.05) is 30.3 Å². The monoisotopic (exact) mass is 277 g/mol. The van der Waals surface area contributed by atoms with Crippen molar-refractivity contribution in [3.8, 4) is 0 Å². The minimum Gasteiger partial charge on any atom is -0.350 e. The minimum absolute atomic E-state index is 0.0946. The number of nitrogens with zero attached hydrogens (tertiary/aromatic N) is 1. The van der Waals surface area contributed by atoms with Crippen molar-refractivity contribution in [2.75, 3.05) is 19.8 Å². The van der Waals surface area contributed by atoms with Crippen LogP contribution in [0.5, 0.6) is 0 Å². The Morgan fingerprint density at radius 3 is 2.55 bits per heavy atom. The average Bonchev–Trinajstić information content (AvgIpc) is 2.97. The molecule has 0 bridgehead atoms. The van der Waals surface area contributed by atoms with Crippen LogP contribution in [0, 0.1) is 16.0 Å². The van der Waals surface area contributed by atoms with E-state index in [-0.39, 0.29) is 23.3 Å². The molecule has 2 rings (SSSR count). The summed E-state index contributed by atoms with van der Waals surface area (Å²) >= 11 is 0. The molecule has 5 nitrogen and oxygen atoms in total. The van der Waals surface area contributed by atoms with Gasteiger partial charge in [0.15, 0.2) is 6.29 Å². The van der Waals surface area contributed by atoms with E-state index in [2.05, 4.69) is 6.58 Å². The number of benzene rings is 1. The highest BCUT2D eigenvalue weighted by molar-refractivity contribution is 5.21. The fourth-order valence-electron chi connectivity index (χ4n) is 2.63. The van der Waals surface area contributed by atoms with Gasteiger partial charge in [-0.2, -0.15) is 0 Å². The molecule has 0 spiro atoms. The van der Waals surface area contributed by atoms with Crippen LogP contribution in [0.3, 0.4) is 0 Å². The van der Waals surface area contributed by atoms with Gasteiger partial charge >= 0.3 is 0 Å². The maximum Gasteiger partial charge on any atom is 0.211 e. The largest absolute Gasteiger partial charge is 0.350 e. The summed E-state index contributed by atoms with van der Waals surface area (Å²) in [5.41, 5.74) is 0.940. The fourth-order valence-corrected chi connectivity index (χ4v) is 2.63. The smallest absolute Gasteiger partial charge is 0.211 e. The fraction of sp³-hybridized carbons (Fsp3) is 0.467. The summed E-state index contributed by atoms with van der Waals surface area (Å²) in [4.78, 5) is 10.7. The molecule has 0 saturated carbocycles. The predicted molar refractivity (Wildman–Crippen MR) is 75.0 cm³/mol. The molecule has 0 N–H and O–H groups in total. The highest BCUT2D eigenvalue weighted by Gasteiger charge is 2.36. The lowest BCUT2D eigenvalue weighted by Crippen LogP contribution is -2.31. The Kier molecular flexibility index (Phi) is 5.26. The lowest BCUT2D eigenvalue weighted by Gasteiger charge is -2.27. The molecule has 0 aliphatic carbocycles. The van der Waals surface area contributed by atoms with Crippen molar-refractivity contribution in [1.29, 1.82) is 0 Å². The van der Waals surface area contributed by atoms with E-state index in [9.17, 15) is 10.1 Å². The molecule has 0 aromatic heterocycles. The van der Waals surface area contributed by atoms with Gasteiger partial charge in [-0.15, -0.1) is 6.58 Å². The molecule has 108 valence electrons. The van der Waals surface area contributed by atoms with Gasteiger partial charge in [-0.05, 0) is 12.0 Å². The van der Waals surface area contributed by atoms with Crippen LogP contribution in [0.15, 0.2) is 43.0 Å². The van der Waals surface area contributed by atoms with Gasteiger partial charge in [-0.25, -0.2) is 0 Å². The molecule has 20 heavy (non-hydrogen) atoms. The number of hydrogen-bond donors (Lipinski definition) is 0. The zero-order chi connectivity index (χ0) is 14.4. The molecule has 0 radical (unpaired) electrons. The number of hydrogen-bond acceptors (Lipinski definition) is 4. The first-order chi connectivity index (χ1) is 9.72. The third kappa shape index (κ3) is 3.65. The minimum atomic E-state index is -0.391. The Morgan fingerprint density at radius 1 is 1.35 bits per heavy atom. The van der Waals surface area contributed by atoms with Gasteiger partial charge in [-0.1, -0.05) is 36.4 Å². The Bertz CT molecular complexity index is 442. The standard InChI is InChI=1S/C15H19NO4/c1-2-6-13(15-19-9-10-20-15)14(11-16(17)18)12-7-4-3-5-8-12/h2-5,7-8,13-15H,1,6,9-11H2/t13-,14-/m1/s1. The van der Waals surface area contributed by atoms with Crippen LogP contribution in [0.2, 0.25) is 0 Å². The van der Waals surface area contributed by atoms with Crippen molar-refractivity contribution < 1.29 is 14.4 Å². The van der Waals surface area contributed by atoms with E-state index in [0.29, 0.717) is 19.6 Å². The first-order valence-electron chi connectivity index (χ1n) is 6.73. The number of nitro groups is 1. The molecule has 1 saturated heterocycles. The van der Waals surface area contributed by atoms with E-state index in [1.54, 1.807) is 6.08 Å². The molecule has 1 fully saturated rings. The topological polar surface area (TPSA) is 61.6 Å². The van der Waals surface area contributed by atoms with Crippen LogP contribution in [-0.4, -0.2) is 31.0 Å². The number of ether oxygens (including phenoxy) is 2. The van der Waals surface area contributed by atoms with E-state index in [1.165, 1.54) is 0 Å². The van der Waals surface area contributed by atoms with Gasteiger partial charge in [0.25, 0.3) is 0 Å². The lowest BCUT2D eigenvalue weighted by molar-refractivity contribution is -0.485. The van der Waals surface area contributed by atoms with Crippen LogP contribution in [-0.2, 0) is 9.47 Å². The molecule has 0 unspecified atom stereocenters. The summed E-state index contributed by atoms with van der Waals surface area (Å²) in [7, 11) is 0. The van der Waals surface area contributed by atoms with Crippen LogP contribution in [0.4, 0.5) is 0 Å². The van der Waals surface area contributed by atoms with Crippen molar-refractivity contribution in [1.82, 2.24) is 0 Å². The van der Waals surface area contributed by atoms with Crippen molar-refractivity contribution in [3.63, 3.8) is 0 Å². The SMILES string of the molecule is C=CC[C@@H](C1OCCO1)[C@H](C[N+](=O)[O-])c1ccccc1. The summed E-state index contributed by atoms with van der Waals surface area (Å²) in [5.74, 6) is -0.338. The van der Waals surface area contributed by atoms with Crippen molar-refractivity contribution in [2.24, 2.45) is 5.92 Å². The summed E-state index contributed by atoms with van der Waals surface area (Å²) < 4.78 is 11.1. The van der Waals surface area contributed by atoms with Gasteiger partial charge in [-0.3, -0.25) is 10.1 Å². The van der Waals surface area contributed by atoms with Crippen molar-refractivity contribution in [3.05, 3.63) is 58.7 Å². The van der Waals surface area contributed by atoms with Gasteiger partial charge in [0.1, 0.15) is 0 Å². The van der Waals surface area contributed by atoms with Crippen LogP contribution in [0.1, 0.15) is 17.9 Å². The lowest BCUT2D eigenvalue weighted by atomic mass is 9.83. The van der Waals surface area contributed by atoms with E-state index in [4.69, 9.17) is 9.47 Å². The average molecular weight is 277 g/mol. The molecule has 2 atom stereocenters. The Labute approximate surface area is 118 Å². The third-order valence-corrected chi connectivity index (χ3v) is 3.53. The first-order valence-corrected chi connectivity index (χ1v) is 6.73. The second kappa shape index (κ2) is 7.17. The third-order valence-electron chi connectivity index (χ3n) is 3.53. The van der Waals surface area contributed by atoms with Gasteiger partial charge in [0, 0.05) is 10.8 Å². The van der Waals surface area contributed by atoms with Gasteiger partial charge < -0.3 is 9.47 Å². The predicted octanol–water partition coefficient (Wildman–Crippen LogP) is 2.61. The molecular formula is C15H19NO4. The first kappa shape index (κ1) is 14.7. The quantitative estimate of drug-likeness (QED) is 0.436. The highest BCUT2D eigenvalue weighted by Crippen LogP contribution is 2.33. The second-order valence-corrected chi connectivity index (χ2v) is 4.83. The van der Waals surface area contributed by atoms with Gasteiger partial charge in [0.05, 0.1) is 19.1 Å². The normalized spacial score (nSPS) is 18.6. The maximum absolute atomic E-state index is 11.0. The highest BCUT2D eigenvalue weighted by atomic mass is 16.7. The van der Waals surface area contributed by atoms with Crippen molar-refractivity contribution in [2.45, 2.75) is 18.6 Å².